The third-order valence-corrected chi connectivity index (χ3v) is 4.65. The van der Waals surface area contributed by atoms with Gasteiger partial charge in [-0.25, -0.2) is 0 Å². The summed E-state index contributed by atoms with van der Waals surface area (Å²) in [6.45, 7) is -2.42. The summed E-state index contributed by atoms with van der Waals surface area (Å²) in [5.74, 6) is 1.61. The highest BCUT2D eigenvalue weighted by molar-refractivity contribution is 7.99. The van der Waals surface area contributed by atoms with Crippen LogP contribution in [0.1, 0.15) is 12.0 Å². The number of nitrogens with zero attached hydrogens (tertiary/aromatic N) is 1. The fourth-order valence-corrected chi connectivity index (χ4v) is 3.10. The van der Waals surface area contributed by atoms with Crippen molar-refractivity contribution in [2.75, 3.05) is 19.9 Å². The molecule has 0 aromatic heterocycles. The van der Waals surface area contributed by atoms with Crippen LogP contribution in [-0.4, -0.2) is 37.3 Å². The van der Waals surface area contributed by atoms with Crippen molar-refractivity contribution in [3.05, 3.63) is 54.1 Å². The Bertz CT molecular complexity index is 693. The quantitative estimate of drug-likeness (QED) is 0.602. The van der Waals surface area contributed by atoms with Crippen LogP contribution in [0.5, 0.6) is 11.5 Å². The lowest BCUT2D eigenvalue weighted by Gasteiger charge is -2.17. The van der Waals surface area contributed by atoms with Gasteiger partial charge in [0.05, 0.1) is 7.11 Å². The van der Waals surface area contributed by atoms with Gasteiger partial charge in [0, 0.05) is 30.7 Å². The van der Waals surface area contributed by atoms with Gasteiger partial charge < -0.3 is 14.4 Å². The SMILES string of the molecule is COc1ccc(SCCC(=O)N(C)Cc2ccc(OC(F)F)cc2)cc1. The molecule has 7 heteroatoms. The summed E-state index contributed by atoms with van der Waals surface area (Å²) in [6.07, 6.45) is 0.416. The Kier molecular flexibility index (Phi) is 7.72. The van der Waals surface area contributed by atoms with E-state index >= 15 is 0 Å². The molecule has 0 heterocycles. The summed E-state index contributed by atoms with van der Waals surface area (Å²) in [4.78, 5) is 14.9. The van der Waals surface area contributed by atoms with Crippen molar-refractivity contribution in [1.82, 2.24) is 4.90 Å². The van der Waals surface area contributed by atoms with Crippen LogP contribution in [0, 0.1) is 0 Å². The van der Waals surface area contributed by atoms with Gasteiger partial charge >= 0.3 is 6.61 Å². The average Bonchev–Trinajstić information content (AvgIpc) is 2.63. The van der Waals surface area contributed by atoms with Crippen molar-refractivity contribution < 1.29 is 23.0 Å². The molecule has 1 amide bonds. The molecular formula is C19H21F2NO3S. The molecule has 0 N–H and O–H groups in total. The molecule has 2 aromatic rings. The highest BCUT2D eigenvalue weighted by atomic mass is 32.2. The molecule has 0 spiro atoms. The Labute approximate surface area is 156 Å². The van der Waals surface area contributed by atoms with Crippen molar-refractivity contribution in [3.8, 4) is 11.5 Å². The van der Waals surface area contributed by atoms with Gasteiger partial charge in [-0.2, -0.15) is 8.78 Å². The number of alkyl halides is 2. The molecule has 2 rings (SSSR count). The normalized spacial score (nSPS) is 10.7. The predicted molar refractivity (Wildman–Crippen MR) is 97.9 cm³/mol. The zero-order valence-electron chi connectivity index (χ0n) is 14.7. The minimum atomic E-state index is -2.84. The van der Waals surface area contributed by atoms with Crippen LogP contribution in [0.4, 0.5) is 8.78 Å². The maximum atomic E-state index is 12.2. The smallest absolute Gasteiger partial charge is 0.387 e. The molecule has 0 radical (unpaired) electrons. The van der Waals surface area contributed by atoms with E-state index in [-0.39, 0.29) is 11.7 Å². The summed E-state index contributed by atoms with van der Waals surface area (Å²) in [5.41, 5.74) is 0.852. The summed E-state index contributed by atoms with van der Waals surface area (Å²) in [5, 5.41) is 0. The lowest BCUT2D eigenvalue weighted by Crippen LogP contribution is -2.26. The number of ether oxygens (including phenoxy) is 2. The molecule has 0 atom stereocenters. The van der Waals surface area contributed by atoms with Gasteiger partial charge in [-0.3, -0.25) is 4.79 Å². The summed E-state index contributed by atoms with van der Waals surface area (Å²) < 4.78 is 33.7. The van der Waals surface area contributed by atoms with Crippen LogP contribution in [0.3, 0.4) is 0 Å². The molecule has 26 heavy (non-hydrogen) atoms. The van der Waals surface area contributed by atoms with Gasteiger partial charge in [0.25, 0.3) is 0 Å². The third-order valence-electron chi connectivity index (χ3n) is 3.64. The van der Waals surface area contributed by atoms with Crippen LogP contribution in [0.2, 0.25) is 0 Å². The molecular weight excluding hydrogens is 360 g/mol. The molecule has 0 aliphatic carbocycles. The van der Waals surface area contributed by atoms with Crippen LogP contribution in [0.15, 0.2) is 53.4 Å². The molecule has 0 aliphatic rings. The maximum Gasteiger partial charge on any atom is 0.387 e. The molecule has 4 nitrogen and oxygen atoms in total. The van der Waals surface area contributed by atoms with E-state index in [9.17, 15) is 13.6 Å². The van der Waals surface area contributed by atoms with Crippen LogP contribution < -0.4 is 9.47 Å². The molecule has 0 unspecified atom stereocenters. The second-order valence-electron chi connectivity index (χ2n) is 5.55. The van der Waals surface area contributed by atoms with Gasteiger partial charge in [-0.15, -0.1) is 11.8 Å². The zero-order chi connectivity index (χ0) is 18.9. The predicted octanol–water partition coefficient (Wildman–Crippen LogP) is 4.44. The lowest BCUT2D eigenvalue weighted by molar-refractivity contribution is -0.129. The van der Waals surface area contributed by atoms with Crippen molar-refractivity contribution in [3.63, 3.8) is 0 Å². The van der Waals surface area contributed by atoms with Crippen molar-refractivity contribution >= 4 is 17.7 Å². The first kappa shape index (κ1) is 20.0. The summed E-state index contributed by atoms with van der Waals surface area (Å²) in [6, 6.07) is 14.0. The Morgan fingerprint density at radius 1 is 1.08 bits per heavy atom. The standard InChI is InChI=1S/C19H21F2NO3S/c1-22(13-14-3-5-16(6-4-14)25-19(20)21)18(23)11-12-26-17-9-7-15(24-2)8-10-17/h3-10,19H,11-13H2,1-2H3. The van der Waals surface area contributed by atoms with Gasteiger partial charge in [0.2, 0.25) is 5.91 Å². The average molecular weight is 381 g/mol. The second kappa shape index (κ2) is 10.0. The Balaban J connectivity index is 1.76. The number of carbonyl (C=O) groups excluding carboxylic acids is 1. The fourth-order valence-electron chi connectivity index (χ4n) is 2.26. The first-order chi connectivity index (χ1) is 12.5. The Morgan fingerprint density at radius 2 is 1.69 bits per heavy atom. The van der Waals surface area contributed by atoms with Gasteiger partial charge in [-0.1, -0.05) is 12.1 Å². The number of hydrogen-bond acceptors (Lipinski definition) is 4. The molecule has 0 fully saturated rings. The summed E-state index contributed by atoms with van der Waals surface area (Å²) >= 11 is 1.61. The molecule has 0 aliphatic heterocycles. The van der Waals surface area contributed by atoms with E-state index in [2.05, 4.69) is 4.74 Å². The van der Waals surface area contributed by atoms with Crippen molar-refractivity contribution in [2.24, 2.45) is 0 Å². The largest absolute Gasteiger partial charge is 0.497 e. The molecule has 140 valence electrons. The number of halogens is 2. The third kappa shape index (κ3) is 6.55. The highest BCUT2D eigenvalue weighted by Crippen LogP contribution is 2.22. The maximum absolute atomic E-state index is 12.2. The number of carbonyl (C=O) groups is 1. The van der Waals surface area contributed by atoms with Crippen LogP contribution in [-0.2, 0) is 11.3 Å². The van der Waals surface area contributed by atoms with Gasteiger partial charge in [0.1, 0.15) is 11.5 Å². The first-order valence-corrected chi connectivity index (χ1v) is 9.01. The van der Waals surface area contributed by atoms with Crippen LogP contribution >= 0.6 is 11.8 Å². The number of thioether (sulfide) groups is 1. The summed E-state index contributed by atoms with van der Waals surface area (Å²) in [7, 11) is 3.35. The fraction of sp³-hybridized carbons (Fsp3) is 0.316. The number of hydrogen-bond donors (Lipinski definition) is 0. The second-order valence-corrected chi connectivity index (χ2v) is 6.71. The van der Waals surface area contributed by atoms with E-state index in [4.69, 9.17) is 4.74 Å². The number of methoxy groups -OCH3 is 1. The van der Waals surface area contributed by atoms with Gasteiger partial charge in [-0.05, 0) is 42.0 Å². The molecule has 0 bridgehead atoms. The minimum Gasteiger partial charge on any atom is -0.497 e. The molecule has 0 saturated carbocycles. The monoisotopic (exact) mass is 381 g/mol. The molecule has 2 aromatic carbocycles. The van der Waals surface area contributed by atoms with E-state index in [1.54, 1.807) is 43.0 Å². The number of benzene rings is 2. The number of amides is 1. The first-order valence-electron chi connectivity index (χ1n) is 8.02. The van der Waals surface area contributed by atoms with E-state index in [0.29, 0.717) is 18.7 Å². The molecule has 0 saturated heterocycles. The van der Waals surface area contributed by atoms with Crippen molar-refractivity contribution in [2.45, 2.75) is 24.5 Å². The Morgan fingerprint density at radius 3 is 2.27 bits per heavy atom. The lowest BCUT2D eigenvalue weighted by atomic mass is 10.2. The van der Waals surface area contributed by atoms with Crippen molar-refractivity contribution in [1.29, 1.82) is 0 Å². The highest BCUT2D eigenvalue weighted by Gasteiger charge is 2.10. The number of rotatable bonds is 9. The van der Waals surface area contributed by atoms with E-state index < -0.39 is 6.61 Å². The van der Waals surface area contributed by atoms with E-state index in [1.165, 1.54) is 12.1 Å². The van der Waals surface area contributed by atoms with E-state index in [0.717, 1.165) is 16.2 Å². The van der Waals surface area contributed by atoms with Gasteiger partial charge in [0.15, 0.2) is 0 Å². The minimum absolute atomic E-state index is 0.0268. The topological polar surface area (TPSA) is 38.8 Å². The zero-order valence-corrected chi connectivity index (χ0v) is 15.5. The Hall–Kier alpha value is -2.28. The van der Waals surface area contributed by atoms with Crippen LogP contribution in [0.25, 0.3) is 0 Å². The van der Waals surface area contributed by atoms with E-state index in [1.807, 2.05) is 24.3 Å².